The van der Waals surface area contributed by atoms with E-state index in [1.165, 1.54) is 0 Å². The van der Waals surface area contributed by atoms with E-state index < -0.39 is 0 Å². The van der Waals surface area contributed by atoms with Crippen LogP contribution in [0.25, 0.3) is 0 Å². The first-order chi connectivity index (χ1) is 13.4. The largest absolute Gasteiger partial charge is 0.466 e. The molecule has 0 aromatic heterocycles. The molecule has 2 fully saturated rings. The molecule has 0 atom stereocenters. The van der Waals surface area contributed by atoms with Crippen LogP contribution in [0.15, 0.2) is 24.3 Å². The van der Waals surface area contributed by atoms with E-state index in [9.17, 15) is 9.59 Å². The smallest absolute Gasteiger partial charge is 0.306 e. The van der Waals surface area contributed by atoms with Gasteiger partial charge in [0, 0.05) is 30.6 Å². The topological polar surface area (TPSA) is 96.5 Å². The monoisotopic (exact) mass is 421 g/mol. The van der Waals surface area contributed by atoms with Crippen LogP contribution < -0.4 is 5.73 Å². The standard InChI is InChI=1S/C22H31N3O3.ClH/c1-2-28-19(26)15-16-7-9-22(10-8-16)11-13-25(14-12-22)21(27)18-5-3-17(4-6-18)20(23)24;/h3-6,16H,2,7-15H2,1H3,(H3,23,24);1H. The summed E-state index contributed by atoms with van der Waals surface area (Å²) in [5, 5.41) is 7.45. The van der Waals surface area contributed by atoms with Crippen molar-refractivity contribution >= 4 is 30.1 Å². The van der Waals surface area contributed by atoms with Crippen LogP contribution in [0.4, 0.5) is 0 Å². The Labute approximate surface area is 179 Å². The molecule has 3 N–H and O–H groups in total. The Balaban J connectivity index is 0.00000300. The molecule has 6 nitrogen and oxygen atoms in total. The number of amides is 1. The number of piperidine rings is 1. The highest BCUT2D eigenvalue weighted by atomic mass is 35.5. The van der Waals surface area contributed by atoms with Crippen LogP contribution in [0.1, 0.15) is 67.8 Å². The van der Waals surface area contributed by atoms with Gasteiger partial charge in [0.25, 0.3) is 5.91 Å². The Morgan fingerprint density at radius 1 is 1.10 bits per heavy atom. The first-order valence-corrected chi connectivity index (χ1v) is 10.3. The maximum atomic E-state index is 12.8. The molecule has 1 spiro atoms. The molecule has 1 heterocycles. The van der Waals surface area contributed by atoms with Crippen LogP contribution in [0.2, 0.25) is 0 Å². The second-order valence-electron chi connectivity index (χ2n) is 8.24. The number of ether oxygens (including phenoxy) is 1. The van der Waals surface area contributed by atoms with Crippen molar-refractivity contribution in [3.05, 3.63) is 35.4 Å². The van der Waals surface area contributed by atoms with Crippen molar-refractivity contribution in [3.63, 3.8) is 0 Å². The summed E-state index contributed by atoms with van der Waals surface area (Å²) in [6.07, 6.45) is 7.08. The Morgan fingerprint density at radius 2 is 1.66 bits per heavy atom. The van der Waals surface area contributed by atoms with Crippen LogP contribution in [0.3, 0.4) is 0 Å². The second-order valence-corrected chi connectivity index (χ2v) is 8.24. The molecule has 29 heavy (non-hydrogen) atoms. The first-order valence-electron chi connectivity index (χ1n) is 10.3. The lowest BCUT2D eigenvalue weighted by atomic mass is 9.65. The highest BCUT2D eigenvalue weighted by molar-refractivity contribution is 5.98. The van der Waals surface area contributed by atoms with E-state index in [4.69, 9.17) is 15.9 Å². The van der Waals surface area contributed by atoms with E-state index in [2.05, 4.69) is 0 Å². The van der Waals surface area contributed by atoms with Gasteiger partial charge in [-0.1, -0.05) is 12.1 Å². The van der Waals surface area contributed by atoms with E-state index >= 15 is 0 Å². The average Bonchev–Trinajstić information content (AvgIpc) is 2.70. The highest BCUT2D eigenvalue weighted by Crippen LogP contribution is 2.47. The number of carbonyl (C=O) groups is 2. The Hall–Kier alpha value is -2.08. The number of nitrogen functional groups attached to an aromatic ring is 1. The number of rotatable bonds is 5. The van der Waals surface area contributed by atoms with E-state index in [1.807, 2.05) is 11.8 Å². The van der Waals surface area contributed by atoms with E-state index in [0.29, 0.717) is 35.5 Å². The molecule has 3 rings (SSSR count). The fraction of sp³-hybridized carbons (Fsp3) is 0.591. The molecule has 0 unspecified atom stereocenters. The predicted molar refractivity (Wildman–Crippen MR) is 115 cm³/mol. The van der Waals surface area contributed by atoms with Crippen molar-refractivity contribution in [1.29, 1.82) is 5.41 Å². The van der Waals surface area contributed by atoms with Crippen molar-refractivity contribution in [2.45, 2.75) is 51.9 Å². The number of nitrogens with zero attached hydrogens (tertiary/aromatic N) is 1. The highest BCUT2D eigenvalue weighted by Gasteiger charge is 2.39. The van der Waals surface area contributed by atoms with Crippen LogP contribution in [-0.4, -0.2) is 42.3 Å². The van der Waals surface area contributed by atoms with Crippen molar-refractivity contribution < 1.29 is 14.3 Å². The molecule has 1 aliphatic heterocycles. The predicted octanol–water partition coefficient (Wildman–Crippen LogP) is 3.76. The molecular weight excluding hydrogens is 390 g/mol. The van der Waals surface area contributed by atoms with Crippen LogP contribution >= 0.6 is 12.4 Å². The summed E-state index contributed by atoms with van der Waals surface area (Å²) in [6, 6.07) is 6.96. The SMILES string of the molecule is CCOC(=O)CC1CCC2(CC1)CCN(C(=O)c1ccc(C(=N)N)cc1)CC2.Cl. The zero-order valence-electron chi connectivity index (χ0n) is 17.1. The van der Waals surface area contributed by atoms with Gasteiger partial charge in [-0.05, 0) is 68.9 Å². The summed E-state index contributed by atoms with van der Waals surface area (Å²) in [4.78, 5) is 26.4. The van der Waals surface area contributed by atoms with Gasteiger partial charge in [0.15, 0.2) is 0 Å². The number of benzene rings is 1. The molecule has 1 aliphatic carbocycles. The summed E-state index contributed by atoms with van der Waals surface area (Å²) in [5.41, 5.74) is 7.09. The Morgan fingerprint density at radius 3 is 2.17 bits per heavy atom. The summed E-state index contributed by atoms with van der Waals surface area (Å²) in [6.45, 7) is 3.88. The van der Waals surface area contributed by atoms with Gasteiger partial charge >= 0.3 is 5.97 Å². The zero-order chi connectivity index (χ0) is 20.1. The summed E-state index contributed by atoms with van der Waals surface area (Å²) in [5.74, 6) is 0.446. The number of hydrogen-bond donors (Lipinski definition) is 2. The quantitative estimate of drug-likeness (QED) is 0.429. The van der Waals surface area contributed by atoms with Gasteiger partial charge in [-0.15, -0.1) is 12.4 Å². The minimum atomic E-state index is -0.0698. The zero-order valence-corrected chi connectivity index (χ0v) is 17.9. The number of likely N-dealkylation sites (tertiary alicyclic amines) is 1. The molecule has 160 valence electrons. The van der Waals surface area contributed by atoms with Crippen LogP contribution in [-0.2, 0) is 9.53 Å². The van der Waals surface area contributed by atoms with E-state index in [-0.39, 0.29) is 30.1 Å². The molecule has 1 aromatic carbocycles. The number of carbonyl (C=O) groups excluding carboxylic acids is 2. The van der Waals surface area contributed by atoms with Gasteiger partial charge in [-0.25, -0.2) is 0 Å². The van der Waals surface area contributed by atoms with Crippen molar-refractivity contribution in [3.8, 4) is 0 Å². The summed E-state index contributed by atoms with van der Waals surface area (Å²) < 4.78 is 5.08. The number of nitrogens with one attached hydrogen (secondary N) is 1. The van der Waals surface area contributed by atoms with Gasteiger partial charge in [0.1, 0.15) is 5.84 Å². The lowest BCUT2D eigenvalue weighted by Crippen LogP contribution is -2.44. The van der Waals surface area contributed by atoms with Gasteiger partial charge in [0.2, 0.25) is 0 Å². The molecule has 2 aliphatic rings. The normalized spacial score (nSPS) is 18.7. The molecule has 1 saturated heterocycles. The third kappa shape index (κ3) is 5.72. The fourth-order valence-corrected chi connectivity index (χ4v) is 4.61. The third-order valence-electron chi connectivity index (χ3n) is 6.48. The summed E-state index contributed by atoms with van der Waals surface area (Å²) >= 11 is 0. The number of esters is 1. The van der Waals surface area contributed by atoms with Crippen molar-refractivity contribution in [1.82, 2.24) is 4.90 Å². The van der Waals surface area contributed by atoms with Gasteiger partial charge in [0.05, 0.1) is 6.61 Å². The molecule has 1 amide bonds. The first kappa shape index (κ1) is 23.2. The Bertz CT molecular complexity index is 717. The van der Waals surface area contributed by atoms with Gasteiger partial charge < -0.3 is 15.4 Å². The van der Waals surface area contributed by atoms with E-state index in [1.54, 1.807) is 24.3 Å². The maximum Gasteiger partial charge on any atom is 0.306 e. The number of halogens is 1. The maximum absolute atomic E-state index is 12.8. The number of hydrogen-bond acceptors (Lipinski definition) is 4. The van der Waals surface area contributed by atoms with Gasteiger partial charge in [-0.2, -0.15) is 0 Å². The second kappa shape index (κ2) is 10.1. The molecule has 0 radical (unpaired) electrons. The average molecular weight is 422 g/mol. The van der Waals surface area contributed by atoms with Crippen molar-refractivity contribution in [2.24, 2.45) is 17.1 Å². The summed E-state index contributed by atoms with van der Waals surface area (Å²) in [7, 11) is 0. The van der Waals surface area contributed by atoms with Gasteiger partial charge in [-0.3, -0.25) is 15.0 Å². The van der Waals surface area contributed by atoms with E-state index in [0.717, 1.165) is 51.6 Å². The molecule has 0 bridgehead atoms. The molecular formula is C22H32ClN3O3. The molecule has 1 saturated carbocycles. The van der Waals surface area contributed by atoms with Crippen LogP contribution in [0, 0.1) is 16.7 Å². The molecule has 7 heteroatoms. The van der Waals surface area contributed by atoms with Crippen LogP contribution in [0.5, 0.6) is 0 Å². The van der Waals surface area contributed by atoms with Crippen molar-refractivity contribution in [2.75, 3.05) is 19.7 Å². The Kier molecular flexibility index (Phi) is 8.08. The minimum absolute atomic E-state index is 0. The molecule has 1 aromatic rings. The third-order valence-corrected chi connectivity index (χ3v) is 6.48. The lowest BCUT2D eigenvalue weighted by Gasteiger charge is -2.46. The minimum Gasteiger partial charge on any atom is -0.466 e. The lowest BCUT2D eigenvalue weighted by molar-refractivity contribution is -0.144. The fourth-order valence-electron chi connectivity index (χ4n) is 4.61. The number of nitrogens with two attached hydrogens (primary N) is 1. The number of amidine groups is 1.